The van der Waals surface area contributed by atoms with Crippen molar-refractivity contribution in [3.63, 3.8) is 0 Å². The first-order chi connectivity index (χ1) is 7.74. The average molecular weight is 218 g/mol. The number of benzene rings is 1. The minimum atomic E-state index is 0.315. The Hall–Kier alpha value is -1.81. The molecule has 0 aliphatic rings. The highest BCUT2D eigenvalue weighted by molar-refractivity contribution is 5.59. The van der Waals surface area contributed by atoms with Crippen LogP contribution in [0.2, 0.25) is 0 Å². The van der Waals surface area contributed by atoms with E-state index >= 15 is 0 Å². The summed E-state index contributed by atoms with van der Waals surface area (Å²) in [4.78, 5) is 4.06. The predicted molar refractivity (Wildman–Crippen MR) is 61.1 cm³/mol. The van der Waals surface area contributed by atoms with Crippen LogP contribution in [-0.2, 0) is 6.54 Å². The van der Waals surface area contributed by atoms with Gasteiger partial charge in [-0.05, 0) is 30.7 Å². The van der Waals surface area contributed by atoms with Gasteiger partial charge in [0, 0.05) is 5.56 Å². The minimum Gasteiger partial charge on any atom is -0.496 e. The van der Waals surface area contributed by atoms with Crippen molar-refractivity contribution >= 4 is 0 Å². The third-order valence-corrected chi connectivity index (χ3v) is 2.41. The van der Waals surface area contributed by atoms with Gasteiger partial charge in [-0.15, -0.1) is 0 Å². The lowest BCUT2D eigenvalue weighted by atomic mass is 10.1. The number of methoxy groups -OCH3 is 1. The van der Waals surface area contributed by atoms with Crippen molar-refractivity contribution in [2.45, 2.75) is 13.5 Å². The summed E-state index contributed by atoms with van der Waals surface area (Å²) < 4.78 is 10.7. The van der Waals surface area contributed by atoms with Gasteiger partial charge in [0.15, 0.2) is 5.76 Å². The summed E-state index contributed by atoms with van der Waals surface area (Å²) in [6, 6.07) is 5.85. The molecule has 4 nitrogen and oxygen atoms in total. The van der Waals surface area contributed by atoms with Gasteiger partial charge >= 0.3 is 0 Å². The van der Waals surface area contributed by atoms with E-state index in [1.807, 2.05) is 25.1 Å². The first-order valence-corrected chi connectivity index (χ1v) is 5.04. The van der Waals surface area contributed by atoms with Crippen LogP contribution in [0.1, 0.15) is 11.5 Å². The lowest BCUT2D eigenvalue weighted by Gasteiger charge is -2.05. The smallest absolute Gasteiger partial charge is 0.208 e. The van der Waals surface area contributed by atoms with Gasteiger partial charge in [-0.2, -0.15) is 0 Å². The molecular formula is C12H14N2O2. The maximum Gasteiger partial charge on any atom is 0.208 e. The van der Waals surface area contributed by atoms with Crippen molar-refractivity contribution in [3.8, 4) is 17.1 Å². The lowest BCUT2D eigenvalue weighted by Crippen LogP contribution is -1.94. The Morgan fingerprint density at radius 2 is 2.25 bits per heavy atom. The van der Waals surface area contributed by atoms with E-state index in [-0.39, 0.29) is 0 Å². The molecule has 0 saturated carbocycles. The SMILES string of the molecule is COc1ccc(-c2cnc(CN)o2)cc1C. The maximum atomic E-state index is 5.47. The number of nitrogens with two attached hydrogens (primary N) is 1. The zero-order valence-electron chi connectivity index (χ0n) is 9.36. The van der Waals surface area contributed by atoms with Gasteiger partial charge in [-0.1, -0.05) is 0 Å². The number of aromatic nitrogens is 1. The summed E-state index contributed by atoms with van der Waals surface area (Å²) in [7, 11) is 1.66. The van der Waals surface area contributed by atoms with Crippen LogP contribution in [0.4, 0.5) is 0 Å². The average Bonchev–Trinajstić information content (AvgIpc) is 2.77. The zero-order chi connectivity index (χ0) is 11.5. The second kappa shape index (κ2) is 4.37. The quantitative estimate of drug-likeness (QED) is 0.857. The van der Waals surface area contributed by atoms with Gasteiger partial charge in [0.2, 0.25) is 5.89 Å². The summed E-state index contributed by atoms with van der Waals surface area (Å²) in [6.45, 7) is 2.30. The number of nitrogens with zero attached hydrogens (tertiary/aromatic N) is 1. The lowest BCUT2D eigenvalue weighted by molar-refractivity contribution is 0.411. The molecule has 1 aromatic carbocycles. The normalized spacial score (nSPS) is 10.4. The molecule has 0 saturated heterocycles. The van der Waals surface area contributed by atoms with Crippen LogP contribution >= 0.6 is 0 Å². The van der Waals surface area contributed by atoms with Crippen molar-refractivity contribution in [2.75, 3.05) is 7.11 Å². The molecule has 84 valence electrons. The fraction of sp³-hybridized carbons (Fsp3) is 0.250. The van der Waals surface area contributed by atoms with Crippen LogP contribution < -0.4 is 10.5 Å². The van der Waals surface area contributed by atoms with Crippen LogP contribution in [0.5, 0.6) is 5.75 Å². The highest BCUT2D eigenvalue weighted by Crippen LogP contribution is 2.26. The van der Waals surface area contributed by atoms with E-state index in [4.69, 9.17) is 14.9 Å². The Kier molecular flexibility index (Phi) is 2.92. The molecule has 1 heterocycles. The van der Waals surface area contributed by atoms with E-state index in [1.54, 1.807) is 13.3 Å². The zero-order valence-corrected chi connectivity index (χ0v) is 9.36. The molecule has 0 aliphatic heterocycles. The van der Waals surface area contributed by atoms with E-state index in [2.05, 4.69) is 4.98 Å². The van der Waals surface area contributed by atoms with Crippen molar-refractivity contribution in [1.29, 1.82) is 0 Å². The summed E-state index contributed by atoms with van der Waals surface area (Å²) in [5.41, 5.74) is 7.48. The largest absolute Gasteiger partial charge is 0.496 e. The molecule has 0 unspecified atom stereocenters. The third kappa shape index (κ3) is 1.92. The Morgan fingerprint density at radius 1 is 1.44 bits per heavy atom. The number of oxazole rings is 1. The van der Waals surface area contributed by atoms with Gasteiger partial charge in [-0.3, -0.25) is 0 Å². The van der Waals surface area contributed by atoms with E-state index in [9.17, 15) is 0 Å². The molecule has 0 aliphatic carbocycles. The van der Waals surface area contributed by atoms with Gasteiger partial charge in [0.25, 0.3) is 0 Å². The molecular weight excluding hydrogens is 204 g/mol. The van der Waals surface area contributed by atoms with Crippen molar-refractivity contribution in [2.24, 2.45) is 5.73 Å². The highest BCUT2D eigenvalue weighted by atomic mass is 16.5. The standard InChI is InChI=1S/C12H14N2O2/c1-8-5-9(3-4-10(8)15-2)11-7-14-12(6-13)16-11/h3-5,7H,6,13H2,1-2H3. The number of rotatable bonds is 3. The molecule has 0 spiro atoms. The first-order valence-electron chi connectivity index (χ1n) is 5.04. The number of hydrogen-bond donors (Lipinski definition) is 1. The van der Waals surface area contributed by atoms with E-state index in [1.165, 1.54) is 0 Å². The second-order valence-electron chi connectivity index (χ2n) is 3.51. The van der Waals surface area contributed by atoms with Crippen molar-refractivity contribution in [1.82, 2.24) is 4.98 Å². The molecule has 0 amide bonds. The fourth-order valence-corrected chi connectivity index (χ4v) is 1.57. The number of hydrogen-bond acceptors (Lipinski definition) is 4. The Bertz CT molecular complexity index is 492. The highest BCUT2D eigenvalue weighted by Gasteiger charge is 2.07. The van der Waals surface area contributed by atoms with Crippen LogP contribution in [-0.4, -0.2) is 12.1 Å². The van der Waals surface area contributed by atoms with Crippen molar-refractivity contribution in [3.05, 3.63) is 35.9 Å². The Labute approximate surface area is 94.1 Å². The molecule has 0 fully saturated rings. The Balaban J connectivity index is 2.37. The third-order valence-electron chi connectivity index (χ3n) is 2.41. The van der Waals surface area contributed by atoms with Crippen LogP contribution in [0.25, 0.3) is 11.3 Å². The van der Waals surface area contributed by atoms with Crippen LogP contribution in [0.3, 0.4) is 0 Å². The minimum absolute atomic E-state index is 0.315. The number of aryl methyl sites for hydroxylation is 1. The van der Waals surface area contributed by atoms with E-state index in [0.717, 1.165) is 22.6 Å². The van der Waals surface area contributed by atoms with E-state index in [0.29, 0.717) is 12.4 Å². The Morgan fingerprint density at radius 3 is 2.81 bits per heavy atom. The van der Waals surface area contributed by atoms with Gasteiger partial charge in [0.05, 0.1) is 19.9 Å². The molecule has 2 rings (SSSR count). The summed E-state index contributed by atoms with van der Waals surface area (Å²) in [5, 5.41) is 0. The molecule has 2 N–H and O–H groups in total. The summed E-state index contributed by atoms with van der Waals surface area (Å²) in [6.07, 6.45) is 1.68. The van der Waals surface area contributed by atoms with Gasteiger partial charge in [0.1, 0.15) is 5.75 Å². The van der Waals surface area contributed by atoms with Crippen LogP contribution in [0.15, 0.2) is 28.8 Å². The van der Waals surface area contributed by atoms with E-state index < -0.39 is 0 Å². The second-order valence-corrected chi connectivity index (χ2v) is 3.51. The van der Waals surface area contributed by atoms with Crippen molar-refractivity contribution < 1.29 is 9.15 Å². The predicted octanol–water partition coefficient (Wildman–Crippen LogP) is 2.12. The van der Waals surface area contributed by atoms with Gasteiger partial charge in [-0.25, -0.2) is 4.98 Å². The topological polar surface area (TPSA) is 61.3 Å². The molecule has 16 heavy (non-hydrogen) atoms. The van der Waals surface area contributed by atoms with Crippen LogP contribution in [0, 0.1) is 6.92 Å². The summed E-state index contributed by atoms with van der Waals surface area (Å²) >= 11 is 0. The maximum absolute atomic E-state index is 5.47. The molecule has 1 aromatic heterocycles. The molecule has 2 aromatic rings. The number of ether oxygens (including phenoxy) is 1. The monoisotopic (exact) mass is 218 g/mol. The molecule has 4 heteroatoms. The fourth-order valence-electron chi connectivity index (χ4n) is 1.57. The van der Waals surface area contributed by atoms with Gasteiger partial charge < -0.3 is 14.9 Å². The summed E-state index contributed by atoms with van der Waals surface area (Å²) in [5.74, 6) is 2.14. The molecule has 0 radical (unpaired) electrons. The molecule has 0 atom stereocenters. The first kappa shape index (κ1) is 10.7. The molecule has 0 bridgehead atoms.